The van der Waals surface area contributed by atoms with Gasteiger partial charge in [0.05, 0.1) is 29.9 Å². The van der Waals surface area contributed by atoms with Crippen molar-refractivity contribution in [3.63, 3.8) is 0 Å². The molecule has 1 aromatic heterocycles. The lowest BCUT2D eigenvalue weighted by molar-refractivity contribution is 0.722. The van der Waals surface area contributed by atoms with E-state index in [1.807, 2.05) is 43.8 Å². The Labute approximate surface area is 143 Å². The Hall–Kier alpha value is -2.87. The van der Waals surface area contributed by atoms with Crippen LogP contribution in [0.1, 0.15) is 36.4 Å². The standard InChI is InChI=1S/C19H23N5/c1-6-16-10-15(11-20)8-9-19(16)24(5)14(3)21-12-17-18(7-2)23(4)13-22-17/h7-10,12-14H,2,6H2,1,3-5H3. The summed E-state index contributed by atoms with van der Waals surface area (Å²) in [4.78, 5) is 11.1. The van der Waals surface area contributed by atoms with Crippen LogP contribution in [0.2, 0.25) is 0 Å². The molecule has 1 atom stereocenters. The summed E-state index contributed by atoms with van der Waals surface area (Å²) >= 11 is 0. The van der Waals surface area contributed by atoms with Crippen molar-refractivity contribution >= 4 is 18.0 Å². The summed E-state index contributed by atoms with van der Waals surface area (Å²) in [5.41, 5.74) is 4.67. The summed E-state index contributed by atoms with van der Waals surface area (Å²) < 4.78 is 1.92. The maximum atomic E-state index is 9.05. The van der Waals surface area contributed by atoms with E-state index in [0.29, 0.717) is 5.56 Å². The Bertz CT molecular complexity index is 795. The first-order valence-electron chi connectivity index (χ1n) is 7.94. The molecule has 1 unspecified atom stereocenters. The van der Waals surface area contributed by atoms with E-state index >= 15 is 0 Å². The molecular formula is C19H23N5. The lowest BCUT2D eigenvalue weighted by atomic mass is 10.1. The van der Waals surface area contributed by atoms with Crippen LogP contribution in [0.4, 0.5) is 5.69 Å². The van der Waals surface area contributed by atoms with Crippen LogP contribution in [0.15, 0.2) is 36.1 Å². The third-order valence-corrected chi connectivity index (χ3v) is 4.15. The molecule has 0 radical (unpaired) electrons. The first-order chi connectivity index (χ1) is 11.5. The van der Waals surface area contributed by atoms with Gasteiger partial charge in [-0.05, 0) is 43.2 Å². The summed E-state index contributed by atoms with van der Waals surface area (Å²) in [6.45, 7) is 7.94. The van der Waals surface area contributed by atoms with Gasteiger partial charge in [-0.1, -0.05) is 13.5 Å². The van der Waals surface area contributed by atoms with Gasteiger partial charge in [0.25, 0.3) is 0 Å². The summed E-state index contributed by atoms with van der Waals surface area (Å²) in [6, 6.07) is 7.96. The molecule has 0 bridgehead atoms. The predicted octanol–water partition coefficient (Wildman–Crippen LogP) is 3.40. The van der Waals surface area contributed by atoms with Gasteiger partial charge in [0.2, 0.25) is 0 Å². The number of hydrogen-bond donors (Lipinski definition) is 0. The summed E-state index contributed by atoms with van der Waals surface area (Å²) in [5.74, 6) is 0. The van der Waals surface area contributed by atoms with Gasteiger partial charge in [0.1, 0.15) is 11.9 Å². The van der Waals surface area contributed by atoms with E-state index in [-0.39, 0.29) is 6.17 Å². The molecule has 124 valence electrons. The van der Waals surface area contributed by atoms with Gasteiger partial charge in [0, 0.05) is 19.8 Å². The molecule has 5 nitrogen and oxygen atoms in total. The molecule has 0 fully saturated rings. The van der Waals surface area contributed by atoms with E-state index in [1.165, 1.54) is 0 Å². The highest BCUT2D eigenvalue weighted by Crippen LogP contribution is 2.23. The topological polar surface area (TPSA) is 57.2 Å². The Balaban J connectivity index is 2.23. The molecule has 0 saturated heterocycles. The zero-order chi connectivity index (χ0) is 17.7. The van der Waals surface area contributed by atoms with Gasteiger partial charge in [-0.25, -0.2) is 4.98 Å². The van der Waals surface area contributed by atoms with Crippen molar-refractivity contribution < 1.29 is 0 Å². The largest absolute Gasteiger partial charge is 0.353 e. The van der Waals surface area contributed by atoms with Crippen LogP contribution in [-0.4, -0.2) is 29.0 Å². The van der Waals surface area contributed by atoms with Gasteiger partial charge in [0.15, 0.2) is 0 Å². The third kappa shape index (κ3) is 3.54. The molecule has 0 amide bonds. The molecule has 5 heteroatoms. The number of hydrogen-bond acceptors (Lipinski definition) is 4. The fraction of sp³-hybridized carbons (Fsp3) is 0.316. The van der Waals surface area contributed by atoms with Crippen LogP contribution < -0.4 is 4.90 Å². The SMILES string of the molecule is C=Cc1c(C=NC(C)N(C)c2ccc(C#N)cc2CC)ncn1C. The molecule has 0 N–H and O–H groups in total. The van der Waals surface area contributed by atoms with Gasteiger partial charge >= 0.3 is 0 Å². The Morgan fingerprint density at radius 3 is 2.88 bits per heavy atom. The molecule has 2 rings (SSSR count). The fourth-order valence-electron chi connectivity index (χ4n) is 2.57. The van der Waals surface area contributed by atoms with Crippen molar-refractivity contribution in [2.75, 3.05) is 11.9 Å². The highest BCUT2D eigenvalue weighted by molar-refractivity contribution is 5.82. The van der Waals surface area contributed by atoms with Crippen LogP contribution in [0.5, 0.6) is 0 Å². The van der Waals surface area contributed by atoms with Gasteiger partial charge in [-0.15, -0.1) is 0 Å². The van der Waals surface area contributed by atoms with E-state index in [2.05, 4.69) is 34.4 Å². The maximum Gasteiger partial charge on any atom is 0.118 e. The number of aromatic nitrogens is 2. The molecule has 0 aliphatic heterocycles. The van der Waals surface area contributed by atoms with Crippen molar-refractivity contribution in [2.24, 2.45) is 12.0 Å². The smallest absolute Gasteiger partial charge is 0.118 e. The summed E-state index contributed by atoms with van der Waals surface area (Å²) in [5, 5.41) is 9.05. The van der Waals surface area contributed by atoms with Gasteiger partial charge in [-0.3, -0.25) is 4.99 Å². The van der Waals surface area contributed by atoms with E-state index in [1.54, 1.807) is 18.6 Å². The quantitative estimate of drug-likeness (QED) is 0.766. The second-order valence-electron chi connectivity index (χ2n) is 5.66. The van der Waals surface area contributed by atoms with E-state index in [9.17, 15) is 0 Å². The highest BCUT2D eigenvalue weighted by atomic mass is 15.2. The third-order valence-electron chi connectivity index (χ3n) is 4.15. The lowest BCUT2D eigenvalue weighted by Crippen LogP contribution is -2.28. The fourth-order valence-corrected chi connectivity index (χ4v) is 2.57. The molecular weight excluding hydrogens is 298 g/mol. The zero-order valence-electron chi connectivity index (χ0n) is 14.7. The first-order valence-corrected chi connectivity index (χ1v) is 7.94. The number of anilines is 1. The number of nitrogens with zero attached hydrogens (tertiary/aromatic N) is 5. The van der Waals surface area contributed by atoms with Crippen molar-refractivity contribution in [1.29, 1.82) is 5.26 Å². The number of aryl methyl sites for hydroxylation is 2. The van der Waals surface area contributed by atoms with Crippen molar-refractivity contribution in [3.05, 3.63) is 53.6 Å². The van der Waals surface area contributed by atoms with E-state index in [4.69, 9.17) is 5.26 Å². The van der Waals surface area contributed by atoms with Crippen LogP contribution >= 0.6 is 0 Å². The van der Waals surface area contributed by atoms with Crippen LogP contribution in [0.3, 0.4) is 0 Å². The zero-order valence-corrected chi connectivity index (χ0v) is 14.7. The van der Waals surface area contributed by atoms with Crippen molar-refractivity contribution in [1.82, 2.24) is 9.55 Å². The number of rotatable bonds is 6. The normalized spacial score (nSPS) is 12.1. The van der Waals surface area contributed by atoms with Crippen molar-refractivity contribution in [2.45, 2.75) is 26.4 Å². The van der Waals surface area contributed by atoms with Gasteiger partial charge in [-0.2, -0.15) is 5.26 Å². The predicted molar refractivity (Wildman–Crippen MR) is 99.3 cm³/mol. The maximum absolute atomic E-state index is 9.05. The van der Waals surface area contributed by atoms with Gasteiger partial charge < -0.3 is 9.47 Å². The minimum absolute atomic E-state index is 0.0529. The average molecular weight is 321 g/mol. The second kappa shape index (κ2) is 7.60. The first kappa shape index (κ1) is 17.5. The minimum atomic E-state index is -0.0529. The van der Waals surface area contributed by atoms with Crippen LogP contribution in [0.25, 0.3) is 6.08 Å². The summed E-state index contributed by atoms with van der Waals surface area (Å²) in [7, 11) is 3.94. The molecule has 24 heavy (non-hydrogen) atoms. The number of nitriles is 1. The molecule has 0 saturated carbocycles. The number of benzene rings is 1. The molecule has 1 aromatic carbocycles. The van der Waals surface area contributed by atoms with E-state index in [0.717, 1.165) is 29.1 Å². The molecule has 1 heterocycles. The number of aliphatic imine (C=N–C) groups is 1. The molecule has 2 aromatic rings. The molecule has 0 aliphatic rings. The minimum Gasteiger partial charge on any atom is -0.353 e. The molecule has 0 spiro atoms. The number of imidazole rings is 1. The lowest BCUT2D eigenvalue weighted by Gasteiger charge is -2.26. The Morgan fingerprint density at radius 2 is 2.25 bits per heavy atom. The van der Waals surface area contributed by atoms with Crippen LogP contribution in [0, 0.1) is 11.3 Å². The van der Waals surface area contributed by atoms with Crippen molar-refractivity contribution in [3.8, 4) is 6.07 Å². The highest BCUT2D eigenvalue weighted by Gasteiger charge is 2.13. The average Bonchev–Trinajstić information content (AvgIpc) is 2.97. The Kier molecular flexibility index (Phi) is 5.54. The second-order valence-corrected chi connectivity index (χ2v) is 5.66. The van der Waals surface area contributed by atoms with Crippen LogP contribution in [-0.2, 0) is 13.5 Å². The monoisotopic (exact) mass is 321 g/mol. The molecule has 0 aliphatic carbocycles. The summed E-state index contributed by atoms with van der Waals surface area (Å²) in [6.07, 6.45) is 6.13. The van der Waals surface area contributed by atoms with E-state index < -0.39 is 0 Å². The Morgan fingerprint density at radius 1 is 1.50 bits per heavy atom.